The lowest BCUT2D eigenvalue weighted by Gasteiger charge is -2.13. The van der Waals surface area contributed by atoms with Crippen LogP contribution < -0.4 is 10.2 Å². The minimum Gasteiger partial charge on any atom is -0.372 e. The van der Waals surface area contributed by atoms with Gasteiger partial charge in [0.15, 0.2) is 0 Å². The Balaban J connectivity index is 1.70. The number of benzene rings is 1. The number of nitrogens with one attached hydrogen (secondary N) is 1. The lowest BCUT2D eigenvalue weighted by atomic mass is 10.1. The van der Waals surface area contributed by atoms with E-state index in [0.29, 0.717) is 11.4 Å². The monoisotopic (exact) mass is 383 g/mol. The van der Waals surface area contributed by atoms with Crippen molar-refractivity contribution in [3.8, 4) is 10.6 Å². The Morgan fingerprint density at radius 2 is 2.15 bits per heavy atom. The second-order valence-electron chi connectivity index (χ2n) is 5.92. The summed E-state index contributed by atoms with van der Waals surface area (Å²) in [6.07, 6.45) is 3.42. The molecule has 8 nitrogen and oxygen atoms in total. The van der Waals surface area contributed by atoms with Gasteiger partial charge in [0.1, 0.15) is 10.7 Å². The molecular weight excluding hydrogens is 366 g/mol. The molecule has 3 rings (SSSR count). The Bertz CT molecular complexity index is 972. The third-order valence-electron chi connectivity index (χ3n) is 3.81. The zero-order valence-electron chi connectivity index (χ0n) is 14.7. The molecule has 2 heterocycles. The van der Waals surface area contributed by atoms with E-state index in [-0.39, 0.29) is 23.7 Å². The number of thiazole rings is 1. The molecule has 3 aromatic rings. The maximum atomic E-state index is 12.4. The number of carbonyl (C=O) groups is 1. The first-order chi connectivity index (χ1) is 13.0. The van der Waals surface area contributed by atoms with Gasteiger partial charge < -0.3 is 10.2 Å². The molecule has 2 aromatic heterocycles. The number of anilines is 1. The molecule has 1 amide bonds. The number of amides is 1. The van der Waals surface area contributed by atoms with Crippen LogP contribution in [0.25, 0.3) is 10.6 Å². The van der Waals surface area contributed by atoms with Crippen LogP contribution in [0.15, 0.2) is 48.1 Å². The van der Waals surface area contributed by atoms with Crippen molar-refractivity contribution >= 4 is 28.6 Å². The Hall–Kier alpha value is -3.33. The smallest absolute Gasteiger partial charge is 0.293 e. The molecule has 0 aliphatic rings. The van der Waals surface area contributed by atoms with Crippen molar-refractivity contribution in [1.29, 1.82) is 0 Å². The number of aromatic nitrogens is 2. The van der Waals surface area contributed by atoms with E-state index in [1.807, 2.05) is 17.5 Å². The van der Waals surface area contributed by atoms with Gasteiger partial charge >= 0.3 is 0 Å². The fourth-order valence-corrected chi connectivity index (χ4v) is 3.28. The number of hydrogen-bond acceptors (Lipinski definition) is 7. The van der Waals surface area contributed by atoms with E-state index in [9.17, 15) is 14.9 Å². The van der Waals surface area contributed by atoms with Crippen LogP contribution in [-0.2, 0) is 6.54 Å². The zero-order valence-corrected chi connectivity index (χ0v) is 15.6. The number of nitro benzene ring substituents is 1. The highest BCUT2D eigenvalue weighted by Gasteiger charge is 2.19. The largest absolute Gasteiger partial charge is 0.372 e. The summed E-state index contributed by atoms with van der Waals surface area (Å²) in [4.78, 5) is 33.3. The highest BCUT2D eigenvalue weighted by Crippen LogP contribution is 2.28. The van der Waals surface area contributed by atoms with E-state index in [1.165, 1.54) is 17.4 Å². The van der Waals surface area contributed by atoms with Gasteiger partial charge in [0.2, 0.25) is 0 Å². The summed E-state index contributed by atoms with van der Waals surface area (Å²) in [5.41, 5.74) is 2.19. The molecule has 0 atom stereocenters. The first-order valence-electron chi connectivity index (χ1n) is 8.04. The van der Waals surface area contributed by atoms with Crippen molar-refractivity contribution in [2.45, 2.75) is 6.54 Å². The third-order valence-corrected chi connectivity index (χ3v) is 4.75. The molecule has 0 unspecified atom stereocenters. The lowest BCUT2D eigenvalue weighted by molar-refractivity contribution is -0.384. The first-order valence-corrected chi connectivity index (χ1v) is 8.92. The molecule has 138 valence electrons. The molecule has 1 aromatic carbocycles. The fourth-order valence-electron chi connectivity index (χ4n) is 2.47. The van der Waals surface area contributed by atoms with Gasteiger partial charge in [-0.05, 0) is 24.3 Å². The first kappa shape index (κ1) is 18.5. The summed E-state index contributed by atoms with van der Waals surface area (Å²) in [6, 6.07) is 8.17. The van der Waals surface area contributed by atoms with Crippen molar-refractivity contribution in [3.63, 3.8) is 0 Å². The zero-order chi connectivity index (χ0) is 19.4. The van der Waals surface area contributed by atoms with Crippen LogP contribution in [0, 0.1) is 10.1 Å². The molecule has 27 heavy (non-hydrogen) atoms. The molecule has 1 N–H and O–H groups in total. The van der Waals surface area contributed by atoms with Crippen molar-refractivity contribution in [1.82, 2.24) is 15.3 Å². The molecule has 0 aliphatic heterocycles. The summed E-state index contributed by atoms with van der Waals surface area (Å²) in [7, 11) is 3.42. The highest BCUT2D eigenvalue weighted by atomic mass is 32.1. The average Bonchev–Trinajstić information content (AvgIpc) is 3.15. The number of rotatable bonds is 6. The topological polar surface area (TPSA) is 101 Å². The van der Waals surface area contributed by atoms with Gasteiger partial charge in [-0.25, -0.2) is 4.98 Å². The van der Waals surface area contributed by atoms with E-state index in [0.717, 1.165) is 10.6 Å². The number of hydrogen-bond donors (Lipinski definition) is 1. The summed E-state index contributed by atoms with van der Waals surface area (Å²) >= 11 is 1.46. The van der Waals surface area contributed by atoms with Gasteiger partial charge in [0.05, 0.1) is 17.2 Å². The van der Waals surface area contributed by atoms with Gasteiger partial charge in [0.25, 0.3) is 11.6 Å². The molecule has 9 heteroatoms. The van der Waals surface area contributed by atoms with Crippen LogP contribution >= 0.6 is 11.3 Å². The van der Waals surface area contributed by atoms with Crippen molar-refractivity contribution in [2.24, 2.45) is 0 Å². The van der Waals surface area contributed by atoms with E-state index in [2.05, 4.69) is 15.3 Å². The molecule has 0 saturated carbocycles. The van der Waals surface area contributed by atoms with E-state index >= 15 is 0 Å². The van der Waals surface area contributed by atoms with Crippen molar-refractivity contribution in [2.75, 3.05) is 19.0 Å². The van der Waals surface area contributed by atoms with E-state index in [4.69, 9.17) is 0 Å². The number of nitro groups is 1. The van der Waals surface area contributed by atoms with Crippen LogP contribution in [0.2, 0.25) is 0 Å². The molecular formula is C18H17N5O3S. The average molecular weight is 383 g/mol. The Kier molecular flexibility index (Phi) is 5.41. The van der Waals surface area contributed by atoms with E-state index in [1.54, 1.807) is 43.5 Å². The second-order valence-corrected chi connectivity index (χ2v) is 6.78. The van der Waals surface area contributed by atoms with Gasteiger partial charge in [-0.3, -0.25) is 19.9 Å². The predicted octanol–water partition coefficient (Wildman–Crippen LogP) is 3.11. The maximum absolute atomic E-state index is 12.4. The molecule has 0 radical (unpaired) electrons. The summed E-state index contributed by atoms with van der Waals surface area (Å²) in [6.45, 7) is 0.235. The van der Waals surface area contributed by atoms with Gasteiger partial charge in [-0.1, -0.05) is 0 Å². The molecule has 0 saturated heterocycles. The Morgan fingerprint density at radius 1 is 1.33 bits per heavy atom. The second kappa shape index (κ2) is 7.92. The van der Waals surface area contributed by atoms with Crippen LogP contribution in [0.1, 0.15) is 16.1 Å². The minimum absolute atomic E-state index is 0.111. The fraction of sp³-hybridized carbons (Fsp3) is 0.167. The number of nitrogens with zero attached hydrogens (tertiary/aromatic N) is 4. The number of carbonyl (C=O) groups excluding carboxylic acids is 1. The predicted molar refractivity (Wildman–Crippen MR) is 104 cm³/mol. The summed E-state index contributed by atoms with van der Waals surface area (Å²) in [5, 5.41) is 16.7. The van der Waals surface area contributed by atoms with Crippen molar-refractivity contribution < 1.29 is 9.72 Å². The van der Waals surface area contributed by atoms with Crippen LogP contribution in [0.3, 0.4) is 0 Å². The van der Waals surface area contributed by atoms with Crippen LogP contribution in [-0.4, -0.2) is 34.9 Å². The minimum atomic E-state index is -0.493. The summed E-state index contributed by atoms with van der Waals surface area (Å²) in [5.74, 6) is -0.390. The standard InChI is InChI=1S/C18H17N5O3S/c1-22(2)15-6-5-12(8-16(15)23(25)26)17(24)20-10-14-11-27-18(21-14)13-4-3-7-19-9-13/h3-9,11H,10H2,1-2H3,(H,20,24). The third kappa shape index (κ3) is 4.26. The van der Waals surface area contributed by atoms with Gasteiger partial charge in [0, 0.05) is 49.1 Å². The molecule has 0 spiro atoms. The Labute approximate surface area is 159 Å². The van der Waals surface area contributed by atoms with E-state index < -0.39 is 4.92 Å². The van der Waals surface area contributed by atoms with Gasteiger partial charge in [-0.2, -0.15) is 0 Å². The Morgan fingerprint density at radius 3 is 2.81 bits per heavy atom. The highest BCUT2D eigenvalue weighted by molar-refractivity contribution is 7.13. The normalized spacial score (nSPS) is 10.4. The number of pyridine rings is 1. The van der Waals surface area contributed by atoms with Crippen LogP contribution in [0.4, 0.5) is 11.4 Å². The van der Waals surface area contributed by atoms with Crippen LogP contribution in [0.5, 0.6) is 0 Å². The lowest BCUT2D eigenvalue weighted by Crippen LogP contribution is -2.23. The molecule has 0 aliphatic carbocycles. The molecule has 0 bridgehead atoms. The molecule has 0 fully saturated rings. The van der Waals surface area contributed by atoms with Gasteiger partial charge in [-0.15, -0.1) is 11.3 Å². The summed E-state index contributed by atoms with van der Waals surface area (Å²) < 4.78 is 0. The van der Waals surface area contributed by atoms with Crippen molar-refractivity contribution in [3.05, 3.63) is 69.5 Å². The SMILES string of the molecule is CN(C)c1ccc(C(=O)NCc2csc(-c3cccnc3)n2)cc1[N+](=O)[O-]. The maximum Gasteiger partial charge on any atom is 0.293 e. The quantitative estimate of drug-likeness (QED) is 0.518.